The van der Waals surface area contributed by atoms with Gasteiger partial charge in [-0.3, -0.25) is 9.36 Å². The van der Waals surface area contributed by atoms with E-state index in [0.29, 0.717) is 18.1 Å². The van der Waals surface area contributed by atoms with Gasteiger partial charge in [0.2, 0.25) is 5.91 Å². The predicted octanol–water partition coefficient (Wildman–Crippen LogP) is 5.16. The van der Waals surface area contributed by atoms with Crippen molar-refractivity contribution in [3.05, 3.63) is 72.5 Å². The molecule has 0 atom stereocenters. The van der Waals surface area contributed by atoms with Gasteiger partial charge in [-0.1, -0.05) is 88.5 Å². The number of halogens is 4. The summed E-state index contributed by atoms with van der Waals surface area (Å²) in [4.78, 5) is 24.4. The van der Waals surface area contributed by atoms with E-state index in [0.717, 1.165) is 17.3 Å². The van der Waals surface area contributed by atoms with Gasteiger partial charge in [0.1, 0.15) is 0 Å². The van der Waals surface area contributed by atoms with Gasteiger partial charge in [-0.25, -0.2) is 9.89 Å². The van der Waals surface area contributed by atoms with E-state index in [9.17, 15) is 9.59 Å². The summed E-state index contributed by atoms with van der Waals surface area (Å²) in [5.41, 5.74) is 0.896. The highest BCUT2D eigenvalue weighted by atomic mass is 35.5. The molecular formula is C18H14Cl4N4O2S. The summed E-state index contributed by atoms with van der Waals surface area (Å²) in [5.74, 6) is -0.422. The van der Waals surface area contributed by atoms with Crippen molar-refractivity contribution in [1.82, 2.24) is 14.8 Å². The topological polar surface area (TPSA) is 79.8 Å². The monoisotopic (exact) mass is 490 g/mol. The van der Waals surface area contributed by atoms with Gasteiger partial charge in [0.15, 0.2) is 5.16 Å². The third kappa shape index (κ3) is 5.49. The maximum absolute atomic E-state index is 12.3. The molecule has 11 heteroatoms. The van der Waals surface area contributed by atoms with Gasteiger partial charge < -0.3 is 5.32 Å². The number of hydrogen-bond acceptors (Lipinski definition) is 4. The Kier molecular flexibility index (Phi) is 7.54. The Morgan fingerprint density at radius 1 is 1.10 bits per heavy atom. The molecule has 0 spiro atoms. The smallest absolute Gasteiger partial charge is 0.323 e. The first-order valence-electron chi connectivity index (χ1n) is 8.31. The Labute approximate surface area is 190 Å². The fourth-order valence-electron chi connectivity index (χ4n) is 2.48. The molecule has 0 bridgehead atoms. The second-order valence-electron chi connectivity index (χ2n) is 5.88. The molecule has 1 aromatic heterocycles. The van der Waals surface area contributed by atoms with Crippen molar-refractivity contribution in [1.29, 1.82) is 0 Å². The number of amides is 1. The first-order valence-corrected chi connectivity index (χ1v) is 10.8. The van der Waals surface area contributed by atoms with Crippen molar-refractivity contribution in [3.8, 4) is 0 Å². The Bertz CT molecular complexity index is 1060. The van der Waals surface area contributed by atoms with E-state index in [2.05, 4.69) is 15.5 Å². The summed E-state index contributed by atoms with van der Waals surface area (Å²) in [5, 5.41) is 9.93. The number of aromatic amines is 1. The van der Waals surface area contributed by atoms with Gasteiger partial charge in [-0.15, -0.1) is 5.10 Å². The quantitative estimate of drug-likeness (QED) is 0.353. The van der Waals surface area contributed by atoms with Crippen molar-refractivity contribution >= 4 is 69.8 Å². The molecule has 1 heterocycles. The van der Waals surface area contributed by atoms with E-state index >= 15 is 0 Å². The molecule has 0 unspecified atom stereocenters. The fraction of sp³-hybridized carbons (Fsp3) is 0.167. The van der Waals surface area contributed by atoms with E-state index in [1.807, 2.05) is 30.3 Å². The van der Waals surface area contributed by atoms with Crippen LogP contribution < -0.4 is 11.0 Å². The molecule has 6 nitrogen and oxygen atoms in total. The minimum atomic E-state index is -0.401. The number of carbonyl (C=O) groups excluding carboxylic acids is 1. The Morgan fingerprint density at radius 2 is 1.76 bits per heavy atom. The maximum atomic E-state index is 12.3. The zero-order chi connectivity index (χ0) is 21.0. The molecule has 0 aliphatic carbocycles. The van der Waals surface area contributed by atoms with Gasteiger partial charge >= 0.3 is 5.69 Å². The summed E-state index contributed by atoms with van der Waals surface area (Å²) in [6.07, 6.45) is 0.659. The molecule has 152 valence electrons. The molecule has 0 radical (unpaired) electrons. The van der Waals surface area contributed by atoms with Crippen molar-refractivity contribution in [3.63, 3.8) is 0 Å². The molecule has 0 saturated heterocycles. The summed E-state index contributed by atoms with van der Waals surface area (Å²) in [7, 11) is 0. The Morgan fingerprint density at radius 3 is 2.41 bits per heavy atom. The SMILES string of the molecule is O=C(CSc1n[nH]c(=O)n1CCc1ccccc1)Nc1c(Cl)c(Cl)cc(Cl)c1Cl. The zero-order valence-corrected chi connectivity index (χ0v) is 18.6. The number of aromatic nitrogens is 3. The largest absolute Gasteiger partial charge is 0.343 e. The van der Waals surface area contributed by atoms with Gasteiger partial charge in [0, 0.05) is 6.54 Å². The highest BCUT2D eigenvalue weighted by Crippen LogP contribution is 2.41. The third-order valence-electron chi connectivity index (χ3n) is 3.90. The number of hydrogen-bond donors (Lipinski definition) is 2. The molecule has 2 N–H and O–H groups in total. The third-order valence-corrected chi connectivity index (χ3v) is 6.45. The van der Waals surface area contributed by atoms with Crippen LogP contribution in [0.25, 0.3) is 0 Å². The normalized spacial score (nSPS) is 10.9. The van der Waals surface area contributed by atoms with Gasteiger partial charge in [0.25, 0.3) is 0 Å². The standard InChI is InChI=1S/C18H14Cl4N4O2S/c19-11-8-12(20)15(22)16(14(11)21)23-13(27)9-29-18-25-24-17(28)26(18)7-6-10-4-2-1-3-5-10/h1-5,8H,6-7,9H2,(H,23,27)(H,24,28). The maximum Gasteiger partial charge on any atom is 0.343 e. The lowest BCUT2D eigenvalue weighted by atomic mass is 10.1. The Balaban J connectivity index is 1.65. The lowest BCUT2D eigenvalue weighted by Crippen LogP contribution is -2.20. The van der Waals surface area contributed by atoms with Crippen LogP contribution in [0.15, 0.2) is 46.3 Å². The van der Waals surface area contributed by atoms with Crippen molar-refractivity contribution < 1.29 is 4.79 Å². The van der Waals surface area contributed by atoms with Crippen molar-refractivity contribution in [2.45, 2.75) is 18.1 Å². The zero-order valence-electron chi connectivity index (χ0n) is 14.7. The summed E-state index contributed by atoms with van der Waals surface area (Å²) >= 11 is 25.3. The molecule has 1 amide bonds. The predicted molar refractivity (Wildman–Crippen MR) is 119 cm³/mol. The van der Waals surface area contributed by atoms with Crippen LogP contribution in [0.4, 0.5) is 5.69 Å². The van der Waals surface area contributed by atoms with E-state index < -0.39 is 5.91 Å². The minimum Gasteiger partial charge on any atom is -0.323 e. The number of carbonyl (C=O) groups is 1. The van der Waals surface area contributed by atoms with Crippen LogP contribution >= 0.6 is 58.2 Å². The van der Waals surface area contributed by atoms with Crippen LogP contribution in [-0.2, 0) is 17.8 Å². The molecule has 0 aliphatic rings. The summed E-state index contributed by atoms with van der Waals surface area (Å²) < 4.78 is 1.49. The Hall–Kier alpha value is -1.64. The van der Waals surface area contributed by atoms with Crippen molar-refractivity contribution in [2.24, 2.45) is 0 Å². The molecule has 0 fully saturated rings. The minimum absolute atomic E-state index is 0.0214. The number of nitrogens with zero attached hydrogens (tertiary/aromatic N) is 2. The first kappa shape index (κ1) is 22.1. The number of rotatable bonds is 7. The number of thioether (sulfide) groups is 1. The van der Waals surface area contributed by atoms with Crippen LogP contribution in [0.2, 0.25) is 20.1 Å². The number of anilines is 1. The summed E-state index contributed by atoms with van der Waals surface area (Å²) in [6, 6.07) is 11.2. The van der Waals surface area contributed by atoms with E-state index in [1.165, 1.54) is 10.6 Å². The number of aryl methyl sites for hydroxylation is 1. The van der Waals surface area contributed by atoms with Gasteiger partial charge in [0.05, 0.1) is 31.5 Å². The molecule has 0 saturated carbocycles. The number of nitrogens with one attached hydrogen (secondary N) is 2. The highest BCUT2D eigenvalue weighted by Gasteiger charge is 2.17. The average Bonchev–Trinajstić information content (AvgIpc) is 3.07. The van der Waals surface area contributed by atoms with Crippen LogP contribution in [-0.4, -0.2) is 26.4 Å². The first-order chi connectivity index (χ1) is 13.9. The fourth-order valence-corrected chi connectivity index (χ4v) is 4.16. The van der Waals surface area contributed by atoms with Crippen LogP contribution in [0.3, 0.4) is 0 Å². The van der Waals surface area contributed by atoms with Gasteiger partial charge in [-0.05, 0) is 18.1 Å². The summed E-state index contributed by atoms with van der Waals surface area (Å²) in [6.45, 7) is 0.435. The van der Waals surface area contributed by atoms with Crippen LogP contribution in [0.5, 0.6) is 0 Å². The van der Waals surface area contributed by atoms with Gasteiger partial charge in [-0.2, -0.15) is 0 Å². The number of H-pyrrole nitrogens is 1. The van der Waals surface area contributed by atoms with Crippen LogP contribution in [0, 0.1) is 0 Å². The molecule has 0 aliphatic heterocycles. The highest BCUT2D eigenvalue weighted by molar-refractivity contribution is 7.99. The molecule has 2 aromatic carbocycles. The van der Waals surface area contributed by atoms with E-state index in [4.69, 9.17) is 46.4 Å². The molecular weight excluding hydrogens is 478 g/mol. The lowest BCUT2D eigenvalue weighted by Gasteiger charge is -2.11. The lowest BCUT2D eigenvalue weighted by molar-refractivity contribution is -0.113. The molecule has 29 heavy (non-hydrogen) atoms. The average molecular weight is 492 g/mol. The van der Waals surface area contributed by atoms with Crippen LogP contribution in [0.1, 0.15) is 5.56 Å². The van der Waals surface area contributed by atoms with E-state index in [1.54, 1.807) is 0 Å². The second kappa shape index (κ2) is 9.91. The van der Waals surface area contributed by atoms with Crippen molar-refractivity contribution in [2.75, 3.05) is 11.1 Å². The number of benzene rings is 2. The van der Waals surface area contributed by atoms with E-state index in [-0.39, 0.29) is 37.2 Å². The molecule has 3 aromatic rings. The molecule has 3 rings (SSSR count). The second-order valence-corrected chi connectivity index (χ2v) is 8.39.